The van der Waals surface area contributed by atoms with Gasteiger partial charge < -0.3 is 10.4 Å². The lowest BCUT2D eigenvalue weighted by molar-refractivity contribution is -0.163. The normalized spacial score (nSPS) is 18.8. The van der Waals surface area contributed by atoms with Crippen LogP contribution in [0.1, 0.15) is 24.0 Å². The van der Waals surface area contributed by atoms with Crippen LogP contribution in [0.5, 0.6) is 0 Å². The van der Waals surface area contributed by atoms with Crippen molar-refractivity contribution >= 4 is 34.8 Å². The van der Waals surface area contributed by atoms with Gasteiger partial charge in [-0.2, -0.15) is 26.3 Å². The van der Waals surface area contributed by atoms with E-state index < -0.39 is 41.1 Å². The molecule has 1 aromatic carbocycles. The number of hydrogen-bond donors (Lipinski definition) is 3. The Labute approximate surface area is 158 Å². The van der Waals surface area contributed by atoms with E-state index in [1.807, 2.05) is 0 Å². The summed E-state index contributed by atoms with van der Waals surface area (Å²) in [6.45, 7) is 0.115. The fourth-order valence-electron chi connectivity index (χ4n) is 3.17. The molecular weight excluding hydrogens is 413 g/mol. The van der Waals surface area contributed by atoms with E-state index in [-0.39, 0.29) is 35.0 Å². The summed E-state index contributed by atoms with van der Waals surface area (Å²) in [5.41, 5.74) is -3.27. The van der Waals surface area contributed by atoms with Crippen molar-refractivity contribution in [3.8, 4) is 0 Å². The van der Waals surface area contributed by atoms with Gasteiger partial charge in [-0.25, -0.2) is 8.70 Å². The summed E-state index contributed by atoms with van der Waals surface area (Å²) in [6.07, 6.45) is -8.85. The monoisotopic (exact) mass is 426 g/mol. The fourth-order valence-corrected chi connectivity index (χ4v) is 4.31. The summed E-state index contributed by atoms with van der Waals surface area (Å²) < 4.78 is 94.4. The zero-order chi connectivity index (χ0) is 20.9. The number of nitrogens with zero attached hydrogens (tertiary/aromatic N) is 1. The molecule has 1 aliphatic heterocycles. The molecule has 0 amide bonds. The Morgan fingerprint density at radius 3 is 2.46 bits per heavy atom. The molecule has 1 unspecified atom stereocenters. The number of hydrogen-bond acceptors (Lipinski definition) is 4. The van der Waals surface area contributed by atoms with Crippen LogP contribution in [-0.2, 0) is 6.18 Å². The number of H-pyrrole nitrogens is 1. The van der Waals surface area contributed by atoms with Crippen LogP contribution in [0, 0.1) is 16.6 Å². The number of nitrogens with one attached hydrogen (secondary N) is 3. The van der Waals surface area contributed by atoms with Gasteiger partial charge in [-0.1, -0.05) is 0 Å². The standard InChI is InChI=1S/C16H13F7N4S/c17-9-5-8(15(18,19)20)13(10(25)6-24)7-4-12(26-14(7)9)28-27-3-1-2-11(27)16(21,22)23/h4-6,11,24-26H,1-3H2. The minimum absolute atomic E-state index is 0.0170. The van der Waals surface area contributed by atoms with Gasteiger partial charge in [0.2, 0.25) is 0 Å². The molecule has 1 aromatic heterocycles. The Kier molecular flexibility index (Phi) is 5.21. The third-order valence-corrected chi connectivity index (χ3v) is 5.45. The van der Waals surface area contributed by atoms with Crippen LogP contribution < -0.4 is 0 Å². The first-order valence-corrected chi connectivity index (χ1v) is 8.74. The molecule has 0 spiro atoms. The molecule has 28 heavy (non-hydrogen) atoms. The van der Waals surface area contributed by atoms with Crippen molar-refractivity contribution in [2.75, 3.05) is 6.54 Å². The smallest absolute Gasteiger partial charge is 0.346 e. The highest BCUT2D eigenvalue weighted by Crippen LogP contribution is 2.42. The lowest BCUT2D eigenvalue weighted by atomic mass is 9.98. The molecular formula is C16H13F7N4S. The van der Waals surface area contributed by atoms with E-state index in [0.717, 1.165) is 10.4 Å². The maximum Gasteiger partial charge on any atom is 0.417 e. The zero-order valence-electron chi connectivity index (χ0n) is 13.9. The summed E-state index contributed by atoms with van der Waals surface area (Å²) in [5.74, 6) is -1.25. The lowest BCUT2D eigenvalue weighted by Gasteiger charge is -2.24. The van der Waals surface area contributed by atoms with Gasteiger partial charge in [-0.05, 0) is 36.9 Å². The van der Waals surface area contributed by atoms with Gasteiger partial charge in [0, 0.05) is 23.7 Å². The number of aromatic nitrogens is 1. The largest absolute Gasteiger partial charge is 0.417 e. The molecule has 2 aromatic rings. The summed E-state index contributed by atoms with van der Waals surface area (Å²) >= 11 is 0.644. The van der Waals surface area contributed by atoms with E-state index in [0.29, 0.717) is 24.6 Å². The van der Waals surface area contributed by atoms with Crippen molar-refractivity contribution in [1.82, 2.24) is 9.29 Å². The first-order chi connectivity index (χ1) is 12.9. The second kappa shape index (κ2) is 7.07. The van der Waals surface area contributed by atoms with Gasteiger partial charge in [0.05, 0.1) is 21.8 Å². The molecule has 1 atom stereocenters. The van der Waals surface area contributed by atoms with Gasteiger partial charge in [0.15, 0.2) is 0 Å². The maximum atomic E-state index is 14.3. The van der Waals surface area contributed by atoms with Crippen LogP contribution in [0.4, 0.5) is 30.7 Å². The second-order valence-corrected chi connectivity index (χ2v) is 7.28. The van der Waals surface area contributed by atoms with Crippen molar-refractivity contribution < 1.29 is 30.7 Å². The molecule has 0 aliphatic carbocycles. The average molecular weight is 426 g/mol. The summed E-state index contributed by atoms with van der Waals surface area (Å²) in [5, 5.41) is 14.5. The summed E-state index contributed by atoms with van der Waals surface area (Å²) in [7, 11) is 0. The van der Waals surface area contributed by atoms with Gasteiger partial charge in [-0.3, -0.25) is 5.41 Å². The van der Waals surface area contributed by atoms with Crippen molar-refractivity contribution in [1.29, 1.82) is 10.8 Å². The van der Waals surface area contributed by atoms with E-state index in [9.17, 15) is 30.7 Å². The van der Waals surface area contributed by atoms with Crippen LogP contribution >= 0.6 is 11.9 Å². The van der Waals surface area contributed by atoms with Gasteiger partial charge >= 0.3 is 12.4 Å². The number of fused-ring (bicyclic) bond motifs is 1. The zero-order valence-corrected chi connectivity index (χ0v) is 14.7. The average Bonchev–Trinajstić information content (AvgIpc) is 3.20. The number of rotatable bonds is 4. The summed E-state index contributed by atoms with van der Waals surface area (Å²) in [4.78, 5) is 2.50. The Balaban J connectivity index is 2.09. The van der Waals surface area contributed by atoms with Crippen molar-refractivity contribution in [3.05, 3.63) is 29.1 Å². The predicted molar refractivity (Wildman–Crippen MR) is 90.5 cm³/mol. The Morgan fingerprint density at radius 1 is 1.21 bits per heavy atom. The molecule has 12 heteroatoms. The Hall–Kier alpha value is -2.08. The topological polar surface area (TPSA) is 66.7 Å². The lowest BCUT2D eigenvalue weighted by Crippen LogP contribution is -2.37. The molecule has 3 rings (SSSR count). The number of alkyl halides is 6. The molecule has 4 nitrogen and oxygen atoms in total. The molecule has 2 heterocycles. The van der Waals surface area contributed by atoms with Crippen molar-refractivity contribution in [2.24, 2.45) is 0 Å². The molecule has 0 saturated carbocycles. The van der Waals surface area contributed by atoms with E-state index in [1.165, 1.54) is 0 Å². The molecule has 1 fully saturated rings. The third-order valence-electron chi connectivity index (χ3n) is 4.36. The van der Waals surface area contributed by atoms with E-state index in [4.69, 9.17) is 10.8 Å². The predicted octanol–water partition coefficient (Wildman–Crippen LogP) is 5.38. The highest BCUT2D eigenvalue weighted by atomic mass is 32.2. The molecule has 1 aliphatic rings. The van der Waals surface area contributed by atoms with Crippen LogP contribution in [-0.4, -0.2) is 40.0 Å². The van der Waals surface area contributed by atoms with Crippen LogP contribution in [0.3, 0.4) is 0 Å². The van der Waals surface area contributed by atoms with Gasteiger partial charge in [0.25, 0.3) is 0 Å². The first kappa shape index (κ1) is 20.6. The van der Waals surface area contributed by atoms with Crippen LogP contribution in [0.25, 0.3) is 10.9 Å². The molecule has 3 N–H and O–H groups in total. The SMILES string of the molecule is N=CC(=N)c1c(C(F)(F)F)cc(F)c2[nH]c(SN3CCCC3C(F)(F)F)cc12. The number of halogens is 7. The van der Waals surface area contributed by atoms with Gasteiger partial charge in [-0.15, -0.1) is 0 Å². The van der Waals surface area contributed by atoms with Crippen molar-refractivity contribution in [2.45, 2.75) is 36.3 Å². The minimum Gasteiger partial charge on any atom is -0.346 e. The molecule has 0 radical (unpaired) electrons. The highest BCUT2D eigenvalue weighted by molar-refractivity contribution is 7.97. The number of aromatic amines is 1. The highest BCUT2D eigenvalue weighted by Gasteiger charge is 2.46. The van der Waals surface area contributed by atoms with Crippen LogP contribution in [0.2, 0.25) is 0 Å². The van der Waals surface area contributed by atoms with Crippen LogP contribution in [0.15, 0.2) is 17.2 Å². The fraction of sp³-hybridized carbons (Fsp3) is 0.375. The second-order valence-electron chi connectivity index (χ2n) is 6.19. The maximum absolute atomic E-state index is 14.3. The van der Waals surface area contributed by atoms with Crippen molar-refractivity contribution in [3.63, 3.8) is 0 Å². The molecule has 152 valence electrons. The molecule has 0 bridgehead atoms. The third kappa shape index (κ3) is 3.75. The molecule has 1 saturated heterocycles. The van der Waals surface area contributed by atoms with E-state index >= 15 is 0 Å². The van der Waals surface area contributed by atoms with E-state index in [2.05, 4.69) is 4.98 Å². The van der Waals surface area contributed by atoms with Gasteiger partial charge in [0.1, 0.15) is 11.9 Å². The summed E-state index contributed by atoms with van der Waals surface area (Å²) in [6, 6.07) is -0.411. The Morgan fingerprint density at radius 2 is 1.89 bits per heavy atom. The Bertz CT molecular complexity index is 932. The first-order valence-electron chi connectivity index (χ1n) is 7.96. The quantitative estimate of drug-likeness (QED) is 0.349. The number of benzene rings is 1. The van der Waals surface area contributed by atoms with E-state index in [1.54, 1.807) is 0 Å². The minimum atomic E-state index is -4.97.